The molecular weight excluding hydrogens is 302 g/mol. The highest BCUT2D eigenvalue weighted by Crippen LogP contribution is 2.10. The van der Waals surface area contributed by atoms with Gasteiger partial charge in [0.05, 0.1) is 27.7 Å². The molecule has 0 saturated heterocycles. The SMILES string of the molecule is C=C(C)C(=O)OCCCCCCCCC(O)C[N+](C)(C)C.[Cl-]. The van der Waals surface area contributed by atoms with Crippen LogP contribution in [0.1, 0.15) is 51.9 Å². The van der Waals surface area contributed by atoms with Crippen LogP contribution in [0.4, 0.5) is 0 Å². The summed E-state index contributed by atoms with van der Waals surface area (Å²) in [6.45, 7) is 6.51. The highest BCUT2D eigenvalue weighted by atomic mass is 35.5. The molecule has 0 aliphatic rings. The largest absolute Gasteiger partial charge is 1.00 e. The van der Waals surface area contributed by atoms with Crippen molar-refractivity contribution in [3.05, 3.63) is 12.2 Å². The van der Waals surface area contributed by atoms with E-state index in [1.165, 1.54) is 12.8 Å². The number of nitrogens with zero attached hydrogens (tertiary/aromatic N) is 1. The molecule has 4 nitrogen and oxygen atoms in total. The number of carbonyl (C=O) groups is 1. The van der Waals surface area contributed by atoms with Crippen molar-refractivity contribution in [2.45, 2.75) is 58.0 Å². The van der Waals surface area contributed by atoms with Gasteiger partial charge < -0.3 is 26.7 Å². The van der Waals surface area contributed by atoms with Crippen molar-refractivity contribution in [1.82, 2.24) is 0 Å². The molecule has 132 valence electrons. The molecule has 0 radical (unpaired) electrons. The van der Waals surface area contributed by atoms with E-state index in [0.29, 0.717) is 12.2 Å². The van der Waals surface area contributed by atoms with Gasteiger partial charge >= 0.3 is 5.97 Å². The molecule has 0 aliphatic heterocycles. The standard InChI is InChI=1S/C17H34NO3.ClH/c1-15(2)17(20)21-13-11-9-7-6-8-10-12-16(19)14-18(3,4)5;/h16,19H,1,6-14H2,2-5H3;1H/q+1;/p-1. The van der Waals surface area contributed by atoms with Crippen LogP contribution in [-0.2, 0) is 9.53 Å². The molecule has 22 heavy (non-hydrogen) atoms. The fourth-order valence-electron chi connectivity index (χ4n) is 2.20. The minimum Gasteiger partial charge on any atom is -1.00 e. The molecule has 5 heteroatoms. The third-order valence-corrected chi connectivity index (χ3v) is 3.27. The van der Waals surface area contributed by atoms with E-state index in [-0.39, 0.29) is 24.5 Å². The highest BCUT2D eigenvalue weighted by molar-refractivity contribution is 5.86. The lowest BCUT2D eigenvalue weighted by Crippen LogP contribution is -3.00. The van der Waals surface area contributed by atoms with Crippen molar-refractivity contribution in [2.24, 2.45) is 0 Å². The molecule has 0 aromatic rings. The zero-order chi connectivity index (χ0) is 16.3. The van der Waals surface area contributed by atoms with E-state index in [1.54, 1.807) is 6.92 Å². The predicted molar refractivity (Wildman–Crippen MR) is 87.0 cm³/mol. The molecule has 1 N–H and O–H groups in total. The first-order chi connectivity index (χ1) is 9.72. The number of halogens is 1. The molecule has 0 bridgehead atoms. The Morgan fingerprint density at radius 2 is 1.59 bits per heavy atom. The summed E-state index contributed by atoms with van der Waals surface area (Å²) in [5.74, 6) is -0.291. The number of ether oxygens (including phenoxy) is 1. The summed E-state index contributed by atoms with van der Waals surface area (Å²) in [4.78, 5) is 11.1. The number of aliphatic hydroxyl groups excluding tert-OH is 1. The summed E-state index contributed by atoms with van der Waals surface area (Å²) >= 11 is 0. The number of esters is 1. The number of hydrogen-bond donors (Lipinski definition) is 1. The van der Waals surface area contributed by atoms with Crippen LogP contribution >= 0.6 is 0 Å². The van der Waals surface area contributed by atoms with E-state index in [1.807, 2.05) is 0 Å². The van der Waals surface area contributed by atoms with Gasteiger partial charge in [0.1, 0.15) is 12.6 Å². The van der Waals surface area contributed by atoms with Crippen molar-refractivity contribution in [1.29, 1.82) is 0 Å². The molecule has 0 spiro atoms. The maximum absolute atomic E-state index is 11.1. The minimum atomic E-state index is -0.291. The van der Waals surface area contributed by atoms with Gasteiger partial charge in [-0.1, -0.05) is 38.7 Å². The summed E-state index contributed by atoms with van der Waals surface area (Å²) in [6.07, 6.45) is 7.32. The van der Waals surface area contributed by atoms with Crippen LogP contribution in [0.3, 0.4) is 0 Å². The fourth-order valence-corrected chi connectivity index (χ4v) is 2.20. The first-order valence-corrected chi connectivity index (χ1v) is 8.03. The summed E-state index contributed by atoms with van der Waals surface area (Å²) < 4.78 is 5.85. The Balaban J connectivity index is 0. The number of likely N-dealkylation sites (N-methyl/N-ethyl adjacent to an activating group) is 1. The predicted octanol–water partition coefficient (Wildman–Crippen LogP) is -0.0925. The van der Waals surface area contributed by atoms with E-state index in [2.05, 4.69) is 27.7 Å². The Kier molecular flexibility index (Phi) is 13.9. The van der Waals surface area contributed by atoms with Crippen LogP contribution in [0.5, 0.6) is 0 Å². The first kappa shape index (κ1) is 23.7. The molecule has 0 aromatic heterocycles. The van der Waals surface area contributed by atoms with E-state index in [0.717, 1.165) is 43.1 Å². The number of rotatable bonds is 12. The molecule has 0 aromatic carbocycles. The molecule has 1 atom stereocenters. The molecule has 0 rings (SSSR count). The van der Waals surface area contributed by atoms with Crippen LogP contribution in [0, 0.1) is 0 Å². The third kappa shape index (κ3) is 15.8. The average Bonchev–Trinajstić information content (AvgIpc) is 2.34. The molecule has 0 amide bonds. The first-order valence-electron chi connectivity index (χ1n) is 8.03. The van der Waals surface area contributed by atoms with Gasteiger partial charge in [0.25, 0.3) is 0 Å². The topological polar surface area (TPSA) is 46.5 Å². The number of quaternary nitrogens is 1. The van der Waals surface area contributed by atoms with Crippen molar-refractivity contribution in [3.8, 4) is 0 Å². The Labute approximate surface area is 142 Å². The molecular formula is C17H34ClNO3. The van der Waals surface area contributed by atoms with Crippen LogP contribution in [0.2, 0.25) is 0 Å². The quantitative estimate of drug-likeness (QED) is 0.235. The van der Waals surface area contributed by atoms with Crippen LogP contribution in [0.15, 0.2) is 12.2 Å². The monoisotopic (exact) mass is 335 g/mol. The highest BCUT2D eigenvalue weighted by Gasteiger charge is 2.14. The molecule has 0 aliphatic carbocycles. The zero-order valence-electron chi connectivity index (χ0n) is 14.7. The van der Waals surface area contributed by atoms with Crippen LogP contribution in [0.25, 0.3) is 0 Å². The number of aliphatic hydroxyl groups is 1. The molecule has 0 saturated carbocycles. The molecule has 0 heterocycles. The van der Waals surface area contributed by atoms with Gasteiger partial charge in [-0.15, -0.1) is 0 Å². The van der Waals surface area contributed by atoms with E-state index in [9.17, 15) is 9.90 Å². The van der Waals surface area contributed by atoms with Gasteiger partial charge in [0.2, 0.25) is 0 Å². The maximum Gasteiger partial charge on any atom is 0.333 e. The Morgan fingerprint density at radius 3 is 2.09 bits per heavy atom. The van der Waals surface area contributed by atoms with Gasteiger partial charge in [-0.25, -0.2) is 4.79 Å². The smallest absolute Gasteiger partial charge is 0.333 e. The van der Waals surface area contributed by atoms with Gasteiger partial charge in [-0.3, -0.25) is 0 Å². The van der Waals surface area contributed by atoms with Gasteiger partial charge in [-0.2, -0.15) is 0 Å². The summed E-state index contributed by atoms with van der Waals surface area (Å²) in [7, 11) is 6.30. The lowest BCUT2D eigenvalue weighted by molar-refractivity contribution is -0.873. The third-order valence-electron chi connectivity index (χ3n) is 3.27. The summed E-state index contributed by atoms with van der Waals surface area (Å²) in [6, 6.07) is 0. The maximum atomic E-state index is 11.1. The Bertz CT molecular complexity index is 314. The van der Waals surface area contributed by atoms with E-state index < -0.39 is 0 Å². The van der Waals surface area contributed by atoms with E-state index in [4.69, 9.17) is 4.74 Å². The lowest BCUT2D eigenvalue weighted by Gasteiger charge is -2.26. The number of hydrogen-bond acceptors (Lipinski definition) is 3. The second-order valence-corrected chi connectivity index (χ2v) is 6.95. The zero-order valence-corrected chi connectivity index (χ0v) is 15.5. The van der Waals surface area contributed by atoms with Gasteiger partial charge in [0, 0.05) is 5.57 Å². The molecule has 0 fully saturated rings. The summed E-state index contributed by atoms with van der Waals surface area (Å²) in [5, 5.41) is 9.88. The van der Waals surface area contributed by atoms with Gasteiger partial charge in [-0.05, 0) is 19.8 Å². The van der Waals surface area contributed by atoms with Crippen molar-refractivity contribution in [2.75, 3.05) is 34.3 Å². The van der Waals surface area contributed by atoms with E-state index >= 15 is 0 Å². The average molecular weight is 336 g/mol. The Hall–Kier alpha value is -0.580. The second-order valence-electron chi connectivity index (χ2n) is 6.95. The molecule has 1 unspecified atom stereocenters. The number of unbranched alkanes of at least 4 members (excludes halogenated alkanes) is 5. The van der Waals surface area contributed by atoms with Crippen molar-refractivity contribution in [3.63, 3.8) is 0 Å². The van der Waals surface area contributed by atoms with Gasteiger partial charge in [0.15, 0.2) is 0 Å². The lowest BCUT2D eigenvalue weighted by atomic mass is 10.1. The number of carbonyl (C=O) groups excluding carboxylic acids is 1. The normalized spacial score (nSPS) is 12.4. The van der Waals surface area contributed by atoms with Crippen molar-refractivity contribution < 1.29 is 31.5 Å². The Morgan fingerprint density at radius 1 is 1.09 bits per heavy atom. The fraction of sp³-hybridized carbons (Fsp3) is 0.824. The van der Waals surface area contributed by atoms with Crippen LogP contribution in [-0.4, -0.2) is 56.0 Å². The minimum absolute atomic E-state index is 0. The summed E-state index contributed by atoms with van der Waals surface area (Å²) in [5.41, 5.74) is 0.461. The van der Waals surface area contributed by atoms with Crippen LogP contribution < -0.4 is 12.4 Å². The second kappa shape index (κ2) is 12.9. The van der Waals surface area contributed by atoms with Crippen molar-refractivity contribution >= 4 is 5.97 Å².